The van der Waals surface area contributed by atoms with Crippen LogP contribution in [0.15, 0.2) is 36.7 Å². The maximum atomic E-state index is 10.8. The van der Waals surface area contributed by atoms with Crippen LogP contribution in [0.2, 0.25) is 0 Å². The summed E-state index contributed by atoms with van der Waals surface area (Å²) in [5, 5.41) is 13.9. The van der Waals surface area contributed by atoms with Crippen LogP contribution in [0.5, 0.6) is 0 Å². The highest BCUT2D eigenvalue weighted by atomic mass is 16.6. The summed E-state index contributed by atoms with van der Waals surface area (Å²) in [5.41, 5.74) is 0.809. The zero-order valence-corrected chi connectivity index (χ0v) is 9.09. The molecule has 6 heteroatoms. The predicted molar refractivity (Wildman–Crippen MR) is 62.2 cm³/mol. The molecular weight excluding hydrogens is 220 g/mol. The van der Waals surface area contributed by atoms with Gasteiger partial charge in [-0.25, -0.2) is 4.98 Å². The third-order valence-electron chi connectivity index (χ3n) is 2.35. The fraction of sp³-hybridized carbons (Fsp3) is 0.182. The van der Waals surface area contributed by atoms with Gasteiger partial charge in [0, 0.05) is 30.6 Å². The van der Waals surface area contributed by atoms with Gasteiger partial charge in [-0.3, -0.25) is 10.1 Å². The molecule has 6 nitrogen and oxygen atoms in total. The van der Waals surface area contributed by atoms with Crippen LogP contribution in [-0.4, -0.2) is 14.9 Å². The lowest BCUT2D eigenvalue weighted by atomic mass is 10.2. The van der Waals surface area contributed by atoms with Crippen molar-refractivity contribution in [1.29, 1.82) is 0 Å². The number of aromatic amines is 1. The SMILES string of the molecule is O=[N+]([O-])c1ccccc1CNCc1ncc[nH]1. The molecule has 2 aromatic rings. The highest BCUT2D eigenvalue weighted by Gasteiger charge is 2.11. The Labute approximate surface area is 97.9 Å². The van der Waals surface area contributed by atoms with Gasteiger partial charge in [-0.15, -0.1) is 0 Å². The van der Waals surface area contributed by atoms with Crippen LogP contribution in [0.3, 0.4) is 0 Å². The summed E-state index contributed by atoms with van der Waals surface area (Å²) in [7, 11) is 0. The van der Waals surface area contributed by atoms with Gasteiger partial charge < -0.3 is 10.3 Å². The van der Waals surface area contributed by atoms with Crippen LogP contribution in [0.25, 0.3) is 0 Å². The average molecular weight is 232 g/mol. The molecule has 17 heavy (non-hydrogen) atoms. The molecule has 0 atom stereocenters. The lowest BCUT2D eigenvalue weighted by Crippen LogP contribution is -2.14. The number of nitro benzene ring substituents is 1. The zero-order chi connectivity index (χ0) is 12.1. The van der Waals surface area contributed by atoms with E-state index in [0.717, 1.165) is 5.82 Å². The first-order chi connectivity index (χ1) is 8.27. The number of imidazole rings is 1. The molecule has 0 radical (unpaired) electrons. The summed E-state index contributed by atoms with van der Waals surface area (Å²) in [4.78, 5) is 17.4. The van der Waals surface area contributed by atoms with Crippen molar-refractivity contribution in [3.63, 3.8) is 0 Å². The molecular formula is C11H12N4O2. The summed E-state index contributed by atoms with van der Waals surface area (Å²) in [6.45, 7) is 0.997. The number of nitrogens with zero attached hydrogens (tertiary/aromatic N) is 2. The maximum absolute atomic E-state index is 10.8. The molecule has 1 heterocycles. The number of benzene rings is 1. The number of aromatic nitrogens is 2. The van der Waals surface area contributed by atoms with Gasteiger partial charge in [0.2, 0.25) is 0 Å². The molecule has 0 unspecified atom stereocenters. The van der Waals surface area contributed by atoms with Gasteiger partial charge in [0.25, 0.3) is 5.69 Å². The van der Waals surface area contributed by atoms with Crippen molar-refractivity contribution in [3.05, 3.63) is 58.2 Å². The number of hydrogen-bond donors (Lipinski definition) is 2. The lowest BCUT2D eigenvalue weighted by molar-refractivity contribution is -0.385. The Hall–Kier alpha value is -2.21. The minimum Gasteiger partial charge on any atom is -0.348 e. The van der Waals surface area contributed by atoms with Crippen molar-refractivity contribution in [2.24, 2.45) is 0 Å². The van der Waals surface area contributed by atoms with E-state index in [1.165, 1.54) is 6.07 Å². The van der Waals surface area contributed by atoms with Gasteiger partial charge in [-0.1, -0.05) is 18.2 Å². The smallest absolute Gasteiger partial charge is 0.273 e. The van der Waals surface area contributed by atoms with E-state index in [2.05, 4.69) is 15.3 Å². The van der Waals surface area contributed by atoms with Crippen LogP contribution in [0.4, 0.5) is 5.69 Å². The Morgan fingerprint density at radius 1 is 1.35 bits per heavy atom. The molecule has 1 aromatic heterocycles. The van der Waals surface area contributed by atoms with Gasteiger partial charge in [0.05, 0.1) is 11.5 Å². The number of para-hydroxylation sites is 1. The second kappa shape index (κ2) is 5.22. The molecule has 0 aliphatic carbocycles. The minimum atomic E-state index is -0.371. The molecule has 2 N–H and O–H groups in total. The fourth-order valence-corrected chi connectivity index (χ4v) is 1.55. The average Bonchev–Trinajstić information content (AvgIpc) is 2.82. The summed E-state index contributed by atoms with van der Waals surface area (Å²) < 4.78 is 0. The zero-order valence-electron chi connectivity index (χ0n) is 9.09. The van der Waals surface area contributed by atoms with Crippen LogP contribution < -0.4 is 5.32 Å². The van der Waals surface area contributed by atoms with Gasteiger partial charge >= 0.3 is 0 Å². The highest BCUT2D eigenvalue weighted by molar-refractivity contribution is 5.39. The van der Waals surface area contributed by atoms with E-state index in [1.807, 2.05) is 0 Å². The first kappa shape index (κ1) is 11.3. The maximum Gasteiger partial charge on any atom is 0.273 e. The highest BCUT2D eigenvalue weighted by Crippen LogP contribution is 2.17. The fourth-order valence-electron chi connectivity index (χ4n) is 1.55. The van der Waals surface area contributed by atoms with Gasteiger partial charge in [-0.05, 0) is 0 Å². The molecule has 1 aromatic carbocycles. The van der Waals surface area contributed by atoms with Crippen molar-refractivity contribution in [1.82, 2.24) is 15.3 Å². The molecule has 0 spiro atoms. The van der Waals surface area contributed by atoms with Crippen molar-refractivity contribution in [2.75, 3.05) is 0 Å². The van der Waals surface area contributed by atoms with Crippen LogP contribution in [0, 0.1) is 10.1 Å². The van der Waals surface area contributed by atoms with E-state index in [9.17, 15) is 10.1 Å². The van der Waals surface area contributed by atoms with Crippen LogP contribution >= 0.6 is 0 Å². The van der Waals surface area contributed by atoms with Gasteiger partial charge in [0.15, 0.2) is 0 Å². The molecule has 0 saturated carbocycles. The Kier molecular flexibility index (Phi) is 3.46. The van der Waals surface area contributed by atoms with Crippen molar-refractivity contribution < 1.29 is 4.92 Å². The number of H-pyrrole nitrogens is 1. The lowest BCUT2D eigenvalue weighted by Gasteiger charge is -2.03. The summed E-state index contributed by atoms with van der Waals surface area (Å²) >= 11 is 0. The molecule has 0 amide bonds. The molecule has 0 fully saturated rings. The van der Waals surface area contributed by atoms with Crippen molar-refractivity contribution in [3.8, 4) is 0 Å². The normalized spacial score (nSPS) is 10.4. The number of nitro groups is 1. The Balaban J connectivity index is 1.97. The monoisotopic (exact) mass is 232 g/mol. The van der Waals surface area contributed by atoms with E-state index in [-0.39, 0.29) is 10.6 Å². The quantitative estimate of drug-likeness (QED) is 0.606. The Morgan fingerprint density at radius 3 is 2.88 bits per heavy atom. The topological polar surface area (TPSA) is 83.8 Å². The molecule has 2 rings (SSSR count). The molecule has 0 aliphatic rings. The predicted octanol–water partition coefficient (Wildman–Crippen LogP) is 1.61. The standard InChI is InChI=1S/C11H12N4O2/c16-15(17)10-4-2-1-3-9(10)7-12-8-11-13-5-6-14-11/h1-6,12H,7-8H2,(H,13,14). The van der Waals surface area contributed by atoms with E-state index in [0.29, 0.717) is 18.7 Å². The van der Waals surface area contributed by atoms with Gasteiger partial charge in [0.1, 0.15) is 5.82 Å². The molecule has 0 aliphatic heterocycles. The molecule has 88 valence electrons. The molecule has 0 bridgehead atoms. The number of hydrogen-bond acceptors (Lipinski definition) is 4. The Morgan fingerprint density at radius 2 is 2.18 bits per heavy atom. The largest absolute Gasteiger partial charge is 0.348 e. The molecule has 0 saturated heterocycles. The third-order valence-corrected chi connectivity index (χ3v) is 2.35. The van der Waals surface area contributed by atoms with Crippen LogP contribution in [0.1, 0.15) is 11.4 Å². The third kappa shape index (κ3) is 2.88. The van der Waals surface area contributed by atoms with Crippen molar-refractivity contribution >= 4 is 5.69 Å². The summed E-state index contributed by atoms with van der Waals surface area (Å²) in [6.07, 6.45) is 3.41. The van der Waals surface area contributed by atoms with E-state index in [1.54, 1.807) is 30.6 Å². The first-order valence-corrected chi connectivity index (χ1v) is 5.18. The van der Waals surface area contributed by atoms with E-state index in [4.69, 9.17) is 0 Å². The first-order valence-electron chi connectivity index (χ1n) is 5.18. The second-order valence-electron chi connectivity index (χ2n) is 3.53. The van der Waals surface area contributed by atoms with Crippen LogP contribution in [-0.2, 0) is 13.1 Å². The van der Waals surface area contributed by atoms with E-state index < -0.39 is 0 Å². The van der Waals surface area contributed by atoms with Gasteiger partial charge in [-0.2, -0.15) is 0 Å². The number of rotatable bonds is 5. The van der Waals surface area contributed by atoms with E-state index >= 15 is 0 Å². The summed E-state index contributed by atoms with van der Waals surface area (Å²) in [5.74, 6) is 0.809. The minimum absolute atomic E-state index is 0.138. The second-order valence-corrected chi connectivity index (χ2v) is 3.53. The summed E-state index contributed by atoms with van der Waals surface area (Å²) in [6, 6.07) is 6.70. The van der Waals surface area contributed by atoms with Crippen molar-refractivity contribution in [2.45, 2.75) is 13.1 Å². The Bertz CT molecular complexity index is 496. The number of nitrogens with one attached hydrogen (secondary N) is 2.